The van der Waals surface area contributed by atoms with Gasteiger partial charge in [0.2, 0.25) is 0 Å². The first-order chi connectivity index (χ1) is 13.5. The molecule has 1 aromatic heterocycles. The second-order valence-electron chi connectivity index (χ2n) is 5.85. The monoisotopic (exact) mass is 396 g/mol. The molecule has 0 radical (unpaired) electrons. The summed E-state index contributed by atoms with van der Waals surface area (Å²) in [5, 5.41) is 0. The Bertz CT molecular complexity index is 1240. The van der Waals surface area contributed by atoms with Crippen LogP contribution in [0.2, 0.25) is 0 Å². The minimum atomic E-state index is -0.829. The molecular formula is C21H13FO5S. The van der Waals surface area contributed by atoms with Crippen molar-refractivity contribution in [2.75, 3.05) is 7.11 Å². The SMILES string of the molecule is COc1cccc(-c2cc(OC(=O)c3ccccc3F)cc3sc(=O)oc23)c1. The Morgan fingerprint density at radius 1 is 1.04 bits per heavy atom. The molecule has 0 fully saturated rings. The third-order valence-electron chi connectivity index (χ3n) is 4.09. The van der Waals surface area contributed by atoms with Crippen LogP contribution >= 0.6 is 11.3 Å². The summed E-state index contributed by atoms with van der Waals surface area (Å²) in [5.41, 5.74) is 1.49. The van der Waals surface area contributed by atoms with E-state index < -0.39 is 16.7 Å². The van der Waals surface area contributed by atoms with Gasteiger partial charge in [-0.25, -0.2) is 14.0 Å². The molecule has 5 nitrogen and oxygen atoms in total. The number of rotatable bonds is 4. The molecule has 1 heterocycles. The van der Waals surface area contributed by atoms with Gasteiger partial charge in [0, 0.05) is 11.6 Å². The minimum absolute atomic E-state index is 0.175. The Balaban J connectivity index is 1.81. The normalized spacial score (nSPS) is 10.8. The molecule has 140 valence electrons. The van der Waals surface area contributed by atoms with Gasteiger partial charge in [-0.2, -0.15) is 0 Å². The molecule has 0 aliphatic rings. The van der Waals surface area contributed by atoms with Crippen molar-refractivity contribution in [3.63, 3.8) is 0 Å². The van der Waals surface area contributed by atoms with E-state index >= 15 is 0 Å². The maximum atomic E-state index is 13.9. The molecule has 0 spiro atoms. The number of hydrogen-bond acceptors (Lipinski definition) is 6. The number of methoxy groups -OCH3 is 1. The van der Waals surface area contributed by atoms with Crippen LogP contribution in [0, 0.1) is 5.82 Å². The van der Waals surface area contributed by atoms with Gasteiger partial charge >= 0.3 is 10.9 Å². The highest BCUT2D eigenvalue weighted by Gasteiger charge is 2.17. The van der Waals surface area contributed by atoms with Gasteiger partial charge in [0.25, 0.3) is 0 Å². The van der Waals surface area contributed by atoms with Crippen LogP contribution in [0.15, 0.2) is 69.9 Å². The van der Waals surface area contributed by atoms with E-state index in [4.69, 9.17) is 13.9 Å². The van der Waals surface area contributed by atoms with Crippen molar-refractivity contribution >= 4 is 27.6 Å². The predicted molar refractivity (Wildman–Crippen MR) is 104 cm³/mol. The third-order valence-corrected chi connectivity index (χ3v) is 4.87. The highest BCUT2D eigenvalue weighted by Crippen LogP contribution is 2.36. The molecule has 0 saturated heterocycles. The van der Waals surface area contributed by atoms with Crippen LogP contribution in [0.25, 0.3) is 21.4 Å². The largest absolute Gasteiger partial charge is 0.497 e. The van der Waals surface area contributed by atoms with Crippen molar-refractivity contribution in [3.05, 3.63) is 81.8 Å². The topological polar surface area (TPSA) is 65.7 Å². The van der Waals surface area contributed by atoms with E-state index in [1.165, 1.54) is 24.3 Å². The first-order valence-corrected chi connectivity index (χ1v) is 9.05. The zero-order valence-corrected chi connectivity index (χ0v) is 15.4. The Morgan fingerprint density at radius 3 is 2.64 bits per heavy atom. The summed E-state index contributed by atoms with van der Waals surface area (Å²) in [4.78, 5) is 23.7. The highest BCUT2D eigenvalue weighted by atomic mass is 32.1. The molecule has 0 aliphatic heterocycles. The number of halogens is 1. The van der Waals surface area contributed by atoms with Gasteiger partial charge < -0.3 is 13.9 Å². The molecule has 4 rings (SSSR count). The molecule has 28 heavy (non-hydrogen) atoms. The summed E-state index contributed by atoms with van der Waals surface area (Å²) in [6.45, 7) is 0. The van der Waals surface area contributed by atoms with Crippen LogP contribution in [-0.4, -0.2) is 13.1 Å². The van der Waals surface area contributed by atoms with Gasteiger partial charge in [0.1, 0.15) is 17.3 Å². The smallest absolute Gasteiger partial charge is 0.396 e. The second-order valence-corrected chi connectivity index (χ2v) is 6.83. The number of esters is 1. The molecule has 0 saturated carbocycles. The van der Waals surface area contributed by atoms with Crippen molar-refractivity contribution in [2.45, 2.75) is 0 Å². The molecule has 7 heteroatoms. The minimum Gasteiger partial charge on any atom is -0.497 e. The molecule has 0 N–H and O–H groups in total. The Morgan fingerprint density at radius 2 is 1.86 bits per heavy atom. The van der Waals surface area contributed by atoms with Crippen molar-refractivity contribution in [2.24, 2.45) is 0 Å². The lowest BCUT2D eigenvalue weighted by Gasteiger charge is -2.09. The van der Waals surface area contributed by atoms with Crippen molar-refractivity contribution in [1.82, 2.24) is 0 Å². The second kappa shape index (κ2) is 7.28. The maximum Gasteiger partial charge on any atom is 0.396 e. The number of fused-ring (bicyclic) bond motifs is 1. The number of benzene rings is 3. The molecule has 0 aliphatic carbocycles. The van der Waals surface area contributed by atoms with Crippen LogP contribution in [-0.2, 0) is 0 Å². The van der Waals surface area contributed by atoms with Gasteiger partial charge in [-0.15, -0.1) is 0 Å². The lowest BCUT2D eigenvalue weighted by Crippen LogP contribution is -2.10. The quantitative estimate of drug-likeness (QED) is 0.363. The number of hydrogen-bond donors (Lipinski definition) is 0. The summed E-state index contributed by atoms with van der Waals surface area (Å²) in [6.07, 6.45) is 0. The number of ether oxygens (including phenoxy) is 2. The molecule has 4 aromatic rings. The summed E-state index contributed by atoms with van der Waals surface area (Å²) in [5.74, 6) is -0.702. The van der Waals surface area contributed by atoms with Gasteiger partial charge in [-0.05, 0) is 35.9 Å². The summed E-state index contributed by atoms with van der Waals surface area (Å²) >= 11 is 0.892. The van der Waals surface area contributed by atoms with E-state index in [2.05, 4.69) is 0 Å². The molecule has 3 aromatic carbocycles. The zero-order chi connectivity index (χ0) is 19.7. The van der Waals surface area contributed by atoms with Crippen LogP contribution in [0.5, 0.6) is 11.5 Å². The van der Waals surface area contributed by atoms with E-state index in [1.807, 2.05) is 6.07 Å². The Hall–Kier alpha value is -3.45. The van der Waals surface area contributed by atoms with Crippen LogP contribution in [0.1, 0.15) is 10.4 Å². The van der Waals surface area contributed by atoms with E-state index in [0.29, 0.717) is 21.6 Å². The standard InChI is InChI=1S/C21H13FO5S/c1-25-13-6-4-5-12(9-13)16-10-14(11-18-19(16)27-21(24)28-18)26-20(23)15-7-2-3-8-17(15)22/h2-11H,1H3. The van der Waals surface area contributed by atoms with Crippen molar-refractivity contribution in [1.29, 1.82) is 0 Å². The van der Waals surface area contributed by atoms with Crippen LogP contribution in [0.3, 0.4) is 0 Å². The lowest BCUT2D eigenvalue weighted by molar-refractivity contribution is 0.0730. The van der Waals surface area contributed by atoms with Crippen molar-refractivity contribution in [3.8, 4) is 22.6 Å². The van der Waals surface area contributed by atoms with E-state index in [-0.39, 0.29) is 11.3 Å². The fraction of sp³-hybridized carbons (Fsp3) is 0.0476. The first kappa shape index (κ1) is 17.9. The molecule has 0 bridgehead atoms. The lowest BCUT2D eigenvalue weighted by atomic mass is 10.0. The van der Waals surface area contributed by atoms with Crippen LogP contribution < -0.4 is 14.4 Å². The summed E-state index contributed by atoms with van der Waals surface area (Å²) < 4.78 is 30.3. The van der Waals surface area contributed by atoms with Gasteiger partial charge in [0.05, 0.1) is 17.4 Å². The number of carbonyl (C=O) groups is 1. The molecular weight excluding hydrogens is 383 g/mol. The van der Waals surface area contributed by atoms with Gasteiger partial charge in [-0.3, -0.25) is 0 Å². The number of carbonyl (C=O) groups excluding carboxylic acids is 1. The van der Waals surface area contributed by atoms with Gasteiger partial charge in [-0.1, -0.05) is 35.6 Å². The predicted octanol–water partition coefficient (Wildman–Crippen LogP) is 4.89. The molecule has 0 amide bonds. The van der Waals surface area contributed by atoms with E-state index in [9.17, 15) is 14.0 Å². The van der Waals surface area contributed by atoms with Crippen molar-refractivity contribution < 1.29 is 23.1 Å². The average Bonchev–Trinajstić information content (AvgIpc) is 3.07. The first-order valence-electron chi connectivity index (χ1n) is 8.24. The van der Waals surface area contributed by atoms with E-state index in [1.54, 1.807) is 37.4 Å². The summed E-state index contributed by atoms with van der Waals surface area (Å²) in [7, 11) is 1.55. The summed E-state index contributed by atoms with van der Waals surface area (Å²) in [6, 6.07) is 15.8. The maximum absolute atomic E-state index is 13.9. The third kappa shape index (κ3) is 3.39. The van der Waals surface area contributed by atoms with Crippen LogP contribution in [0.4, 0.5) is 4.39 Å². The Kier molecular flexibility index (Phi) is 4.67. The average molecular weight is 396 g/mol. The van der Waals surface area contributed by atoms with Gasteiger partial charge in [0.15, 0.2) is 5.58 Å². The molecule has 0 atom stereocenters. The zero-order valence-electron chi connectivity index (χ0n) is 14.6. The molecule has 0 unspecified atom stereocenters. The highest BCUT2D eigenvalue weighted by molar-refractivity contribution is 7.16. The fourth-order valence-corrected chi connectivity index (χ4v) is 3.53. The fourth-order valence-electron chi connectivity index (χ4n) is 2.80. The Labute approximate surface area is 162 Å². The van der Waals surface area contributed by atoms with E-state index in [0.717, 1.165) is 16.9 Å².